The predicted octanol–water partition coefficient (Wildman–Crippen LogP) is 7.54. The molecular formula is C30H37Cl2FN4O. The summed E-state index contributed by atoms with van der Waals surface area (Å²) in [6, 6.07) is 24.5. The molecule has 5 nitrogen and oxygen atoms in total. The number of carbonyl (C=O) groups is 1. The van der Waals surface area contributed by atoms with Crippen molar-refractivity contribution in [3.8, 4) is 0 Å². The lowest BCUT2D eigenvalue weighted by Gasteiger charge is -2.51. The number of hydrogen-bond donors (Lipinski definition) is 2. The van der Waals surface area contributed by atoms with Crippen molar-refractivity contribution < 1.29 is 9.18 Å². The van der Waals surface area contributed by atoms with E-state index in [2.05, 4.69) is 69.8 Å². The highest BCUT2D eigenvalue weighted by Gasteiger charge is 2.42. The predicted molar refractivity (Wildman–Crippen MR) is 160 cm³/mol. The first-order chi connectivity index (χ1) is 17.5. The summed E-state index contributed by atoms with van der Waals surface area (Å²) in [5.41, 5.74) is 3.72. The van der Waals surface area contributed by atoms with Crippen LogP contribution in [0.3, 0.4) is 0 Å². The minimum atomic E-state index is -0.379. The van der Waals surface area contributed by atoms with Crippen LogP contribution in [0.25, 0.3) is 0 Å². The average Bonchev–Trinajstić information content (AvgIpc) is 2.90. The number of nitrogens with zero attached hydrogens (tertiary/aromatic N) is 2. The van der Waals surface area contributed by atoms with E-state index >= 15 is 0 Å². The van der Waals surface area contributed by atoms with E-state index in [1.165, 1.54) is 36.2 Å². The molecule has 1 heterocycles. The van der Waals surface area contributed by atoms with E-state index in [0.29, 0.717) is 5.69 Å². The van der Waals surface area contributed by atoms with Crippen LogP contribution in [0.15, 0.2) is 78.9 Å². The van der Waals surface area contributed by atoms with Crippen LogP contribution in [0, 0.1) is 11.7 Å². The number of piperazine rings is 1. The van der Waals surface area contributed by atoms with Crippen LogP contribution in [0.5, 0.6) is 0 Å². The molecule has 0 unspecified atom stereocenters. The smallest absolute Gasteiger partial charge is 0.323 e. The third-order valence-corrected chi connectivity index (χ3v) is 7.85. The molecule has 2 fully saturated rings. The maximum absolute atomic E-state index is 13.5. The van der Waals surface area contributed by atoms with Gasteiger partial charge in [-0.1, -0.05) is 43.3 Å². The molecule has 38 heavy (non-hydrogen) atoms. The van der Waals surface area contributed by atoms with Crippen LogP contribution in [-0.2, 0) is 5.54 Å². The third-order valence-electron chi connectivity index (χ3n) is 7.85. The Hall–Kier alpha value is -2.80. The molecule has 1 aliphatic heterocycles. The van der Waals surface area contributed by atoms with Gasteiger partial charge in [-0.3, -0.25) is 4.90 Å². The molecule has 1 saturated carbocycles. The quantitative estimate of drug-likeness (QED) is 0.340. The van der Waals surface area contributed by atoms with Crippen molar-refractivity contribution in [2.24, 2.45) is 5.92 Å². The van der Waals surface area contributed by atoms with Gasteiger partial charge in [0, 0.05) is 48.8 Å². The number of hydrogen-bond acceptors (Lipinski definition) is 3. The zero-order valence-electron chi connectivity index (χ0n) is 21.7. The summed E-state index contributed by atoms with van der Waals surface area (Å²) in [7, 11) is 0. The molecule has 0 aromatic heterocycles. The summed E-state index contributed by atoms with van der Waals surface area (Å²) < 4.78 is 13.5. The molecule has 2 amide bonds. The van der Waals surface area contributed by atoms with Crippen LogP contribution in [-0.4, -0.2) is 37.1 Å². The fourth-order valence-electron chi connectivity index (χ4n) is 5.80. The zero-order valence-corrected chi connectivity index (χ0v) is 23.4. The van der Waals surface area contributed by atoms with Crippen molar-refractivity contribution >= 4 is 47.9 Å². The van der Waals surface area contributed by atoms with Crippen molar-refractivity contribution in [1.29, 1.82) is 0 Å². The highest BCUT2D eigenvalue weighted by atomic mass is 35.5. The lowest BCUT2D eigenvalue weighted by atomic mass is 9.71. The lowest BCUT2D eigenvalue weighted by Crippen LogP contribution is -2.56. The highest BCUT2D eigenvalue weighted by Crippen LogP contribution is 2.45. The molecule has 0 radical (unpaired) electrons. The number of amides is 2. The van der Waals surface area contributed by atoms with Gasteiger partial charge < -0.3 is 15.5 Å². The largest absolute Gasteiger partial charge is 0.369 e. The molecule has 1 saturated heterocycles. The Balaban J connectivity index is 0.00000200. The monoisotopic (exact) mass is 558 g/mol. The second kappa shape index (κ2) is 13.3. The minimum Gasteiger partial charge on any atom is -0.369 e. The number of carbonyl (C=O) groups excluding carboxylic acids is 1. The number of rotatable bonds is 5. The second-order valence-electron chi connectivity index (χ2n) is 10.2. The van der Waals surface area contributed by atoms with Gasteiger partial charge in [0.1, 0.15) is 5.82 Å². The molecule has 2 aliphatic rings. The molecule has 1 aliphatic carbocycles. The van der Waals surface area contributed by atoms with E-state index in [1.54, 1.807) is 12.1 Å². The molecule has 3 aromatic rings. The number of para-hydroxylation sites is 1. The molecule has 0 bridgehead atoms. The van der Waals surface area contributed by atoms with Crippen molar-refractivity contribution in [3.63, 3.8) is 0 Å². The van der Waals surface area contributed by atoms with E-state index < -0.39 is 0 Å². The fourth-order valence-corrected chi connectivity index (χ4v) is 5.80. The van der Waals surface area contributed by atoms with Gasteiger partial charge in [0.25, 0.3) is 0 Å². The first kappa shape index (κ1) is 29.8. The Bertz CT molecular complexity index is 1180. The van der Waals surface area contributed by atoms with Gasteiger partial charge in [-0.25, -0.2) is 9.18 Å². The van der Waals surface area contributed by atoms with Crippen molar-refractivity contribution in [3.05, 3.63) is 90.2 Å². The molecule has 204 valence electrons. The molecule has 5 rings (SSSR count). The molecule has 0 spiro atoms. The molecule has 2 N–H and O–H groups in total. The van der Waals surface area contributed by atoms with Gasteiger partial charge in [0.2, 0.25) is 0 Å². The summed E-state index contributed by atoms with van der Waals surface area (Å²) in [6.07, 6.45) is 4.66. The molecule has 8 heteroatoms. The molecule has 3 aromatic carbocycles. The number of benzene rings is 3. The Morgan fingerprint density at radius 3 is 2.05 bits per heavy atom. The Kier molecular flexibility index (Phi) is 10.4. The number of nitrogens with one attached hydrogen (secondary N) is 2. The van der Waals surface area contributed by atoms with Gasteiger partial charge in [-0.05, 0) is 79.6 Å². The van der Waals surface area contributed by atoms with Crippen LogP contribution >= 0.6 is 24.8 Å². The fraction of sp³-hybridized carbons (Fsp3) is 0.367. The summed E-state index contributed by atoms with van der Waals surface area (Å²) in [6.45, 7) is 6.40. The van der Waals surface area contributed by atoms with E-state index in [-0.39, 0.29) is 42.2 Å². The van der Waals surface area contributed by atoms with Gasteiger partial charge in [-0.15, -0.1) is 24.8 Å². The number of urea groups is 1. The van der Waals surface area contributed by atoms with Crippen LogP contribution in [0.2, 0.25) is 0 Å². The molecule has 0 atom stereocenters. The summed E-state index contributed by atoms with van der Waals surface area (Å²) in [5.74, 6) is 0.359. The third kappa shape index (κ3) is 6.79. The zero-order chi connectivity index (χ0) is 25.0. The normalized spacial score (nSPS) is 21.5. The van der Waals surface area contributed by atoms with E-state index in [0.717, 1.165) is 50.6 Å². The van der Waals surface area contributed by atoms with Crippen LogP contribution in [0.1, 0.15) is 38.2 Å². The number of anilines is 3. The second-order valence-corrected chi connectivity index (χ2v) is 10.2. The lowest BCUT2D eigenvalue weighted by molar-refractivity contribution is 0.0299. The summed E-state index contributed by atoms with van der Waals surface area (Å²) >= 11 is 0. The maximum atomic E-state index is 13.5. The van der Waals surface area contributed by atoms with Gasteiger partial charge in [0.05, 0.1) is 0 Å². The van der Waals surface area contributed by atoms with Gasteiger partial charge >= 0.3 is 6.03 Å². The standard InChI is InChI=1S/C30H35FN4O.2ClH/c1-23-13-15-30(16-14-23,35-19-17-34(18-20-35)28-11-3-2-4-12-28)24-7-5-9-26(21-24)32-29(36)33-27-10-6-8-25(31)22-27;;/h2-12,21-23H,13-20H2,1H3,(H2,32,33,36);2*1H. The minimum absolute atomic E-state index is 0. The van der Waals surface area contributed by atoms with Gasteiger partial charge in [-0.2, -0.15) is 0 Å². The van der Waals surface area contributed by atoms with E-state index in [4.69, 9.17) is 0 Å². The SMILES string of the molecule is CC1CCC(c2cccc(NC(=O)Nc3cccc(F)c3)c2)(N2CCN(c3ccccc3)CC2)CC1.Cl.Cl. The first-order valence-corrected chi connectivity index (χ1v) is 13.0. The molecular weight excluding hydrogens is 522 g/mol. The Morgan fingerprint density at radius 2 is 1.42 bits per heavy atom. The van der Waals surface area contributed by atoms with Crippen molar-refractivity contribution in [2.75, 3.05) is 41.7 Å². The summed E-state index contributed by atoms with van der Waals surface area (Å²) in [5, 5.41) is 5.67. The van der Waals surface area contributed by atoms with Crippen LogP contribution < -0.4 is 15.5 Å². The Morgan fingerprint density at radius 1 is 0.816 bits per heavy atom. The average molecular weight is 560 g/mol. The highest BCUT2D eigenvalue weighted by molar-refractivity contribution is 5.99. The first-order valence-electron chi connectivity index (χ1n) is 13.0. The topological polar surface area (TPSA) is 47.6 Å². The maximum Gasteiger partial charge on any atom is 0.323 e. The van der Waals surface area contributed by atoms with E-state index in [1.807, 2.05) is 12.1 Å². The van der Waals surface area contributed by atoms with E-state index in [9.17, 15) is 9.18 Å². The van der Waals surface area contributed by atoms with Crippen molar-refractivity contribution in [2.45, 2.75) is 38.1 Å². The van der Waals surface area contributed by atoms with Gasteiger partial charge in [0.15, 0.2) is 0 Å². The van der Waals surface area contributed by atoms with Crippen LogP contribution in [0.4, 0.5) is 26.2 Å². The number of halogens is 3. The van der Waals surface area contributed by atoms with Crippen molar-refractivity contribution in [1.82, 2.24) is 4.90 Å². The summed E-state index contributed by atoms with van der Waals surface area (Å²) in [4.78, 5) is 17.8. The Labute approximate surface area is 237 Å².